The SMILES string of the molecule is CCOc1cc(-c2ccc(-c3ccc(C4CN(CC)C4)nn3)c(O)c2)cc(C=NC)c1N. The molecule has 32 heavy (non-hydrogen) atoms. The van der Waals surface area contributed by atoms with Crippen LogP contribution in [0.1, 0.15) is 31.0 Å². The summed E-state index contributed by atoms with van der Waals surface area (Å²) in [5, 5.41) is 19.5. The van der Waals surface area contributed by atoms with E-state index < -0.39 is 0 Å². The van der Waals surface area contributed by atoms with E-state index in [4.69, 9.17) is 10.5 Å². The van der Waals surface area contributed by atoms with Gasteiger partial charge in [0.25, 0.3) is 0 Å². The Kier molecular flexibility index (Phi) is 6.37. The van der Waals surface area contributed by atoms with Crippen LogP contribution in [0.3, 0.4) is 0 Å². The van der Waals surface area contributed by atoms with Crippen molar-refractivity contribution in [2.45, 2.75) is 19.8 Å². The number of aromatic nitrogens is 2. The molecule has 0 amide bonds. The Balaban J connectivity index is 1.61. The molecule has 166 valence electrons. The van der Waals surface area contributed by atoms with Gasteiger partial charge in [0.2, 0.25) is 0 Å². The minimum atomic E-state index is 0.144. The first-order chi connectivity index (χ1) is 15.5. The second kappa shape index (κ2) is 9.36. The van der Waals surface area contributed by atoms with Gasteiger partial charge in [-0.2, -0.15) is 10.2 Å². The lowest BCUT2D eigenvalue weighted by atomic mass is 9.95. The summed E-state index contributed by atoms with van der Waals surface area (Å²) < 4.78 is 5.70. The number of anilines is 1. The third kappa shape index (κ3) is 4.29. The van der Waals surface area contributed by atoms with Crippen LogP contribution in [0.5, 0.6) is 11.5 Å². The topological polar surface area (TPSA) is 96.9 Å². The van der Waals surface area contributed by atoms with Gasteiger partial charge in [0.05, 0.1) is 23.7 Å². The number of likely N-dealkylation sites (tertiary alicyclic amines) is 1. The molecule has 1 aromatic heterocycles. The average molecular weight is 432 g/mol. The monoisotopic (exact) mass is 431 g/mol. The van der Waals surface area contributed by atoms with Gasteiger partial charge in [-0.3, -0.25) is 4.99 Å². The molecule has 7 nitrogen and oxygen atoms in total. The second-order valence-electron chi connectivity index (χ2n) is 7.92. The summed E-state index contributed by atoms with van der Waals surface area (Å²) in [7, 11) is 1.70. The van der Waals surface area contributed by atoms with Gasteiger partial charge in [0.15, 0.2) is 0 Å². The number of nitrogens with two attached hydrogens (primary N) is 1. The van der Waals surface area contributed by atoms with Gasteiger partial charge in [-0.1, -0.05) is 13.0 Å². The fourth-order valence-corrected chi connectivity index (χ4v) is 3.98. The molecule has 2 heterocycles. The molecule has 1 fully saturated rings. The quantitative estimate of drug-likeness (QED) is 0.434. The lowest BCUT2D eigenvalue weighted by molar-refractivity contribution is 0.154. The van der Waals surface area contributed by atoms with E-state index in [2.05, 4.69) is 27.0 Å². The Morgan fingerprint density at radius 2 is 1.94 bits per heavy atom. The molecule has 2 aromatic carbocycles. The standard InChI is InChI=1S/C25H29N5O2/c1-4-30-14-19(15-30)21-8-9-22(29-28-21)20-7-6-16(11-23(20)31)17-10-18(13-27-3)25(26)24(12-17)32-5-2/h6-13,19,31H,4-5,14-15,26H2,1-3H3. The van der Waals surface area contributed by atoms with Crippen molar-refractivity contribution in [3.8, 4) is 33.9 Å². The zero-order valence-electron chi connectivity index (χ0n) is 18.7. The molecule has 0 aliphatic carbocycles. The number of nitrogens with zero attached hydrogens (tertiary/aromatic N) is 4. The molecular weight excluding hydrogens is 402 g/mol. The van der Waals surface area contributed by atoms with Crippen molar-refractivity contribution in [3.05, 3.63) is 53.7 Å². The molecule has 0 saturated carbocycles. The fourth-order valence-electron chi connectivity index (χ4n) is 3.98. The maximum Gasteiger partial charge on any atom is 0.143 e. The molecule has 7 heteroatoms. The van der Waals surface area contributed by atoms with Crippen molar-refractivity contribution in [2.75, 3.05) is 39.0 Å². The zero-order chi connectivity index (χ0) is 22.7. The predicted octanol–water partition coefficient (Wildman–Crippen LogP) is 3.96. The van der Waals surface area contributed by atoms with Gasteiger partial charge < -0.3 is 20.5 Å². The number of nitrogen functional groups attached to an aromatic ring is 1. The van der Waals surface area contributed by atoms with Crippen LogP contribution in [0.25, 0.3) is 22.4 Å². The van der Waals surface area contributed by atoms with E-state index in [0.29, 0.717) is 35.2 Å². The predicted molar refractivity (Wildman–Crippen MR) is 129 cm³/mol. The third-order valence-electron chi connectivity index (χ3n) is 5.86. The van der Waals surface area contributed by atoms with Gasteiger partial charge >= 0.3 is 0 Å². The summed E-state index contributed by atoms with van der Waals surface area (Å²) in [6.45, 7) is 7.71. The summed E-state index contributed by atoms with van der Waals surface area (Å²) >= 11 is 0. The van der Waals surface area contributed by atoms with E-state index in [0.717, 1.165) is 42.0 Å². The second-order valence-corrected chi connectivity index (χ2v) is 7.92. The number of hydrogen-bond acceptors (Lipinski definition) is 7. The van der Waals surface area contributed by atoms with E-state index in [1.807, 2.05) is 43.3 Å². The van der Waals surface area contributed by atoms with E-state index in [-0.39, 0.29) is 5.75 Å². The molecule has 0 radical (unpaired) electrons. The molecule has 0 atom stereocenters. The van der Waals surface area contributed by atoms with Gasteiger partial charge in [0.1, 0.15) is 11.5 Å². The molecule has 0 unspecified atom stereocenters. The van der Waals surface area contributed by atoms with Crippen LogP contribution in [0.15, 0.2) is 47.5 Å². The van der Waals surface area contributed by atoms with Gasteiger partial charge in [-0.15, -0.1) is 0 Å². The first-order valence-electron chi connectivity index (χ1n) is 10.9. The number of ether oxygens (including phenoxy) is 1. The number of benzene rings is 2. The number of aromatic hydroxyl groups is 1. The summed E-state index contributed by atoms with van der Waals surface area (Å²) in [5.41, 5.74) is 11.6. The van der Waals surface area contributed by atoms with Gasteiger partial charge in [0, 0.05) is 43.4 Å². The first kappa shape index (κ1) is 21.8. The molecule has 1 aliphatic heterocycles. The molecule has 0 bridgehead atoms. The highest BCUT2D eigenvalue weighted by molar-refractivity contribution is 5.92. The molecule has 1 saturated heterocycles. The Bertz CT molecular complexity index is 1120. The minimum absolute atomic E-state index is 0.144. The van der Waals surface area contributed by atoms with Crippen molar-refractivity contribution in [2.24, 2.45) is 4.99 Å². The summed E-state index contributed by atoms with van der Waals surface area (Å²) in [6, 6.07) is 13.3. The van der Waals surface area contributed by atoms with Gasteiger partial charge in [-0.25, -0.2) is 0 Å². The van der Waals surface area contributed by atoms with Crippen molar-refractivity contribution in [3.63, 3.8) is 0 Å². The largest absolute Gasteiger partial charge is 0.507 e. The van der Waals surface area contributed by atoms with Crippen LogP contribution < -0.4 is 10.5 Å². The molecule has 0 spiro atoms. The van der Waals surface area contributed by atoms with Crippen molar-refractivity contribution in [1.82, 2.24) is 15.1 Å². The fraction of sp³-hybridized carbons (Fsp3) is 0.320. The maximum absolute atomic E-state index is 10.8. The Hall–Kier alpha value is -3.45. The Labute approximate surface area is 188 Å². The number of aliphatic imine (C=N–C) groups is 1. The van der Waals surface area contributed by atoms with E-state index >= 15 is 0 Å². The lowest BCUT2D eigenvalue weighted by Gasteiger charge is -2.37. The van der Waals surface area contributed by atoms with Crippen LogP contribution in [-0.4, -0.2) is 59.7 Å². The van der Waals surface area contributed by atoms with E-state index in [9.17, 15) is 5.11 Å². The van der Waals surface area contributed by atoms with Gasteiger partial charge in [-0.05, 0) is 61.0 Å². The maximum atomic E-state index is 10.8. The number of hydrogen-bond donors (Lipinski definition) is 2. The number of phenolic OH excluding ortho intramolecular Hbond substituents is 1. The number of rotatable bonds is 7. The highest BCUT2D eigenvalue weighted by atomic mass is 16.5. The van der Waals surface area contributed by atoms with E-state index in [1.54, 1.807) is 19.3 Å². The Morgan fingerprint density at radius 1 is 1.12 bits per heavy atom. The normalized spacial score (nSPS) is 14.6. The van der Waals surface area contributed by atoms with Crippen LogP contribution in [0.2, 0.25) is 0 Å². The molecule has 3 N–H and O–H groups in total. The van der Waals surface area contributed by atoms with Crippen LogP contribution in [-0.2, 0) is 0 Å². The average Bonchev–Trinajstić information content (AvgIpc) is 2.76. The third-order valence-corrected chi connectivity index (χ3v) is 5.86. The number of likely N-dealkylation sites (N-methyl/N-ethyl adjacent to an activating group) is 1. The summed E-state index contributed by atoms with van der Waals surface area (Å²) in [6.07, 6.45) is 1.70. The lowest BCUT2D eigenvalue weighted by Crippen LogP contribution is -2.44. The summed E-state index contributed by atoms with van der Waals surface area (Å²) in [5.74, 6) is 1.19. The summed E-state index contributed by atoms with van der Waals surface area (Å²) in [4.78, 5) is 6.46. The number of phenols is 1. The zero-order valence-corrected chi connectivity index (χ0v) is 18.7. The first-order valence-corrected chi connectivity index (χ1v) is 10.9. The van der Waals surface area contributed by atoms with Crippen LogP contribution in [0.4, 0.5) is 5.69 Å². The molecule has 4 rings (SSSR count). The highest BCUT2D eigenvalue weighted by Gasteiger charge is 2.28. The smallest absolute Gasteiger partial charge is 0.143 e. The minimum Gasteiger partial charge on any atom is -0.507 e. The van der Waals surface area contributed by atoms with E-state index in [1.165, 1.54) is 0 Å². The Morgan fingerprint density at radius 3 is 2.56 bits per heavy atom. The van der Waals surface area contributed by atoms with Crippen molar-refractivity contribution < 1.29 is 9.84 Å². The van der Waals surface area contributed by atoms with Crippen molar-refractivity contribution >= 4 is 11.9 Å². The van der Waals surface area contributed by atoms with Crippen LogP contribution >= 0.6 is 0 Å². The van der Waals surface area contributed by atoms with Crippen LogP contribution in [0, 0.1) is 0 Å². The molecular formula is C25H29N5O2. The molecule has 3 aromatic rings. The van der Waals surface area contributed by atoms with Crippen molar-refractivity contribution in [1.29, 1.82) is 0 Å². The highest BCUT2D eigenvalue weighted by Crippen LogP contribution is 2.36. The molecule has 1 aliphatic rings.